The summed E-state index contributed by atoms with van der Waals surface area (Å²) in [5.41, 5.74) is 0.792. The molecule has 0 saturated carbocycles. The third-order valence-electron chi connectivity index (χ3n) is 3.11. The van der Waals surface area contributed by atoms with Gasteiger partial charge in [-0.15, -0.1) is 0 Å². The highest BCUT2D eigenvalue weighted by atomic mass is 79.9. The van der Waals surface area contributed by atoms with Gasteiger partial charge in [0.05, 0.1) is 0 Å². The van der Waals surface area contributed by atoms with E-state index in [0.717, 1.165) is 22.2 Å². The van der Waals surface area contributed by atoms with E-state index in [1.807, 2.05) is 36.6 Å². The lowest BCUT2D eigenvalue weighted by molar-refractivity contribution is 0.533. The van der Waals surface area contributed by atoms with Gasteiger partial charge < -0.3 is 5.32 Å². The summed E-state index contributed by atoms with van der Waals surface area (Å²) in [7, 11) is 1.97. The smallest absolute Gasteiger partial charge is 0.126 e. The fourth-order valence-corrected chi connectivity index (χ4v) is 5.43. The van der Waals surface area contributed by atoms with Crippen molar-refractivity contribution in [3.8, 4) is 0 Å². The van der Waals surface area contributed by atoms with Crippen LogP contribution in [-0.2, 0) is 6.42 Å². The molecule has 1 aromatic carbocycles. The molecule has 0 radical (unpaired) electrons. The molecule has 0 bridgehead atoms. The molecule has 1 heterocycles. The van der Waals surface area contributed by atoms with Gasteiger partial charge in [-0.1, -0.05) is 15.9 Å². The van der Waals surface area contributed by atoms with E-state index in [1.54, 1.807) is 6.07 Å². The molecular formula is C13H17BrFNS2. The van der Waals surface area contributed by atoms with Crippen LogP contribution in [0.1, 0.15) is 5.56 Å². The van der Waals surface area contributed by atoms with E-state index in [4.69, 9.17) is 0 Å². The molecule has 2 atom stereocenters. The van der Waals surface area contributed by atoms with E-state index in [9.17, 15) is 4.39 Å². The number of halogens is 2. The number of hydrogen-bond acceptors (Lipinski definition) is 3. The molecule has 0 amide bonds. The van der Waals surface area contributed by atoms with E-state index in [2.05, 4.69) is 21.2 Å². The number of likely N-dealkylation sites (N-methyl/N-ethyl adjacent to an activating group) is 1. The van der Waals surface area contributed by atoms with Crippen molar-refractivity contribution in [1.82, 2.24) is 5.32 Å². The fraction of sp³-hybridized carbons (Fsp3) is 0.538. The van der Waals surface area contributed by atoms with Gasteiger partial charge in [-0.2, -0.15) is 23.5 Å². The number of nitrogens with one attached hydrogen (secondary N) is 1. The SMILES string of the molecule is CNC(Cc1cc(Br)ccc1F)C1CSCCS1. The summed E-state index contributed by atoms with van der Waals surface area (Å²) in [5, 5.41) is 3.93. The summed E-state index contributed by atoms with van der Waals surface area (Å²) < 4.78 is 14.7. The average Bonchev–Trinajstić information content (AvgIpc) is 2.41. The van der Waals surface area contributed by atoms with Crippen molar-refractivity contribution in [2.24, 2.45) is 0 Å². The number of thioether (sulfide) groups is 2. The van der Waals surface area contributed by atoms with E-state index >= 15 is 0 Å². The van der Waals surface area contributed by atoms with Crippen molar-refractivity contribution in [1.29, 1.82) is 0 Å². The molecule has 1 nitrogen and oxygen atoms in total. The van der Waals surface area contributed by atoms with Crippen LogP contribution in [0.25, 0.3) is 0 Å². The molecule has 18 heavy (non-hydrogen) atoms. The summed E-state index contributed by atoms with van der Waals surface area (Å²) >= 11 is 7.42. The van der Waals surface area contributed by atoms with Gasteiger partial charge >= 0.3 is 0 Å². The van der Waals surface area contributed by atoms with Crippen LogP contribution in [-0.4, -0.2) is 35.6 Å². The Morgan fingerprint density at radius 1 is 1.50 bits per heavy atom. The van der Waals surface area contributed by atoms with Gasteiger partial charge in [0, 0.05) is 33.0 Å². The monoisotopic (exact) mass is 349 g/mol. The van der Waals surface area contributed by atoms with Gasteiger partial charge in [-0.05, 0) is 37.2 Å². The molecule has 1 aliphatic heterocycles. The van der Waals surface area contributed by atoms with Crippen LogP contribution in [0.15, 0.2) is 22.7 Å². The third-order valence-corrected chi connectivity index (χ3v) is 6.52. The maximum Gasteiger partial charge on any atom is 0.126 e. The molecule has 0 aliphatic carbocycles. The summed E-state index contributed by atoms with van der Waals surface area (Å²) in [6.07, 6.45) is 0.750. The average molecular weight is 350 g/mol. The maximum absolute atomic E-state index is 13.8. The first-order chi connectivity index (χ1) is 8.70. The molecule has 1 N–H and O–H groups in total. The van der Waals surface area contributed by atoms with Crippen LogP contribution in [0.4, 0.5) is 4.39 Å². The van der Waals surface area contributed by atoms with Crippen LogP contribution < -0.4 is 5.32 Å². The normalized spacial score (nSPS) is 21.8. The molecule has 1 aromatic rings. The van der Waals surface area contributed by atoms with Crippen LogP contribution >= 0.6 is 39.5 Å². The molecule has 5 heteroatoms. The maximum atomic E-state index is 13.8. The highest BCUT2D eigenvalue weighted by Gasteiger charge is 2.24. The van der Waals surface area contributed by atoms with Gasteiger partial charge in [-0.3, -0.25) is 0 Å². The summed E-state index contributed by atoms with van der Waals surface area (Å²) in [5.74, 6) is 3.50. The standard InChI is InChI=1S/C13H17BrFNS2/c1-16-12(13-8-17-4-5-18-13)7-9-6-10(14)2-3-11(9)15/h2-3,6,12-13,16H,4-5,7-8H2,1H3. The topological polar surface area (TPSA) is 12.0 Å². The zero-order valence-electron chi connectivity index (χ0n) is 10.3. The lowest BCUT2D eigenvalue weighted by Crippen LogP contribution is -2.40. The van der Waals surface area contributed by atoms with E-state index in [1.165, 1.54) is 17.6 Å². The first-order valence-corrected chi connectivity index (χ1v) is 9.01. The van der Waals surface area contributed by atoms with E-state index in [0.29, 0.717) is 11.3 Å². The van der Waals surface area contributed by atoms with Crippen LogP contribution in [0, 0.1) is 5.82 Å². The fourth-order valence-electron chi connectivity index (χ4n) is 2.09. The first kappa shape index (κ1) is 14.7. The zero-order valence-corrected chi connectivity index (χ0v) is 13.5. The Hall–Kier alpha value is 0.290. The molecule has 2 unspecified atom stereocenters. The predicted octanol–water partition coefficient (Wildman–Crippen LogP) is 3.57. The molecule has 1 aliphatic rings. The Bertz CT molecular complexity index is 397. The van der Waals surface area contributed by atoms with Gasteiger partial charge in [0.2, 0.25) is 0 Å². The van der Waals surface area contributed by atoms with Crippen molar-refractivity contribution >= 4 is 39.5 Å². The first-order valence-electron chi connectivity index (χ1n) is 6.01. The largest absolute Gasteiger partial charge is 0.316 e. The Balaban J connectivity index is 2.06. The van der Waals surface area contributed by atoms with Crippen LogP contribution in [0.5, 0.6) is 0 Å². The van der Waals surface area contributed by atoms with E-state index in [-0.39, 0.29) is 5.82 Å². The van der Waals surface area contributed by atoms with Crippen LogP contribution in [0.2, 0.25) is 0 Å². The molecular weight excluding hydrogens is 333 g/mol. The quantitative estimate of drug-likeness (QED) is 0.892. The Morgan fingerprint density at radius 2 is 2.33 bits per heavy atom. The molecule has 0 aromatic heterocycles. The summed E-state index contributed by atoms with van der Waals surface area (Å²) in [6, 6.07) is 5.51. The second-order valence-corrected chi connectivity index (χ2v) is 7.73. The summed E-state index contributed by atoms with van der Waals surface area (Å²) in [4.78, 5) is 0. The minimum absolute atomic E-state index is 0.105. The highest BCUT2D eigenvalue weighted by molar-refractivity contribution is 9.10. The van der Waals surface area contributed by atoms with Crippen molar-refractivity contribution in [2.75, 3.05) is 24.3 Å². The van der Waals surface area contributed by atoms with E-state index < -0.39 is 0 Å². The van der Waals surface area contributed by atoms with Gasteiger partial charge in [0.15, 0.2) is 0 Å². The highest BCUT2D eigenvalue weighted by Crippen LogP contribution is 2.28. The Morgan fingerprint density at radius 3 is 3.00 bits per heavy atom. The van der Waals surface area contributed by atoms with Gasteiger partial charge in [-0.25, -0.2) is 4.39 Å². The summed E-state index contributed by atoms with van der Waals surface area (Å²) in [6.45, 7) is 0. The van der Waals surface area contributed by atoms with Crippen molar-refractivity contribution in [3.05, 3.63) is 34.1 Å². The second kappa shape index (κ2) is 7.17. The second-order valence-electron chi connectivity index (χ2n) is 4.32. The van der Waals surface area contributed by atoms with Gasteiger partial charge in [0.25, 0.3) is 0 Å². The lowest BCUT2D eigenvalue weighted by Gasteiger charge is -2.29. The Kier molecular flexibility index (Phi) is 5.86. The number of benzene rings is 1. The molecule has 1 saturated heterocycles. The number of hydrogen-bond donors (Lipinski definition) is 1. The van der Waals surface area contributed by atoms with Crippen molar-refractivity contribution < 1.29 is 4.39 Å². The van der Waals surface area contributed by atoms with Gasteiger partial charge in [0.1, 0.15) is 5.82 Å². The molecule has 100 valence electrons. The van der Waals surface area contributed by atoms with Crippen molar-refractivity contribution in [2.45, 2.75) is 17.7 Å². The van der Waals surface area contributed by atoms with Crippen molar-refractivity contribution in [3.63, 3.8) is 0 Å². The van der Waals surface area contributed by atoms with Crippen LogP contribution in [0.3, 0.4) is 0 Å². The minimum Gasteiger partial charge on any atom is -0.316 e. The third kappa shape index (κ3) is 3.89. The molecule has 1 fully saturated rings. The Labute approximate surface area is 125 Å². The molecule has 2 rings (SSSR count). The zero-order chi connectivity index (χ0) is 13.0. The number of rotatable bonds is 4. The minimum atomic E-state index is -0.105. The molecule has 0 spiro atoms. The predicted molar refractivity (Wildman–Crippen MR) is 84.2 cm³/mol. The lowest BCUT2D eigenvalue weighted by atomic mass is 10.0.